The molecule has 1 aromatic rings. The number of carbonyl (C=O) groups is 1. The molecule has 0 fully saturated rings. The van der Waals surface area contributed by atoms with Crippen LogP contribution in [0.5, 0.6) is 0 Å². The van der Waals surface area contributed by atoms with E-state index >= 15 is 0 Å². The smallest absolute Gasteiger partial charge is 0.327 e. The van der Waals surface area contributed by atoms with Gasteiger partial charge in [-0.15, -0.1) is 0 Å². The van der Waals surface area contributed by atoms with Crippen LogP contribution in [0.3, 0.4) is 0 Å². The van der Waals surface area contributed by atoms with E-state index in [1.165, 1.54) is 38.3 Å². The van der Waals surface area contributed by atoms with Gasteiger partial charge in [-0.05, 0) is 0 Å². The largest absolute Gasteiger partial charge is 0.468 e. The molecule has 17 heavy (non-hydrogen) atoms. The third-order valence-corrected chi connectivity index (χ3v) is 3.33. The molecule has 0 bridgehead atoms. The van der Waals surface area contributed by atoms with E-state index in [1.54, 1.807) is 0 Å². The number of ether oxygens (including phenoxy) is 1. The maximum absolute atomic E-state index is 11.5. The van der Waals surface area contributed by atoms with Gasteiger partial charge in [0.15, 0.2) is 0 Å². The van der Waals surface area contributed by atoms with Gasteiger partial charge in [0.05, 0.1) is 19.0 Å². The van der Waals surface area contributed by atoms with Crippen LogP contribution in [0.25, 0.3) is 0 Å². The van der Waals surface area contributed by atoms with Crippen molar-refractivity contribution in [3.63, 3.8) is 0 Å². The molecule has 1 rings (SSSR count). The molecule has 8 nitrogen and oxygen atoms in total. The second-order valence-electron chi connectivity index (χ2n) is 3.39. The van der Waals surface area contributed by atoms with Crippen LogP contribution in [0.15, 0.2) is 12.4 Å². The van der Waals surface area contributed by atoms with Crippen molar-refractivity contribution < 1.29 is 17.9 Å². The molecule has 0 aliphatic rings. The number of anilines is 1. The second kappa shape index (κ2) is 5.15. The average molecular weight is 262 g/mol. The molecule has 0 amide bonds. The van der Waals surface area contributed by atoms with Gasteiger partial charge in [0, 0.05) is 20.3 Å². The molecule has 96 valence electrons. The summed E-state index contributed by atoms with van der Waals surface area (Å²) in [7, 11) is 0.515. The van der Waals surface area contributed by atoms with Crippen molar-refractivity contribution >= 4 is 21.9 Å². The highest BCUT2D eigenvalue weighted by Gasteiger charge is 2.14. The fourth-order valence-corrected chi connectivity index (χ4v) is 1.53. The molecule has 1 aromatic heterocycles. The quantitative estimate of drug-likeness (QED) is 0.706. The van der Waals surface area contributed by atoms with Gasteiger partial charge in [-0.1, -0.05) is 0 Å². The van der Waals surface area contributed by atoms with E-state index < -0.39 is 16.2 Å². The molecular weight excluding hydrogens is 248 g/mol. The summed E-state index contributed by atoms with van der Waals surface area (Å²) in [5.41, 5.74) is 0.280. The van der Waals surface area contributed by atoms with Crippen LogP contribution < -0.4 is 4.72 Å². The van der Waals surface area contributed by atoms with Gasteiger partial charge in [0.1, 0.15) is 6.54 Å². The van der Waals surface area contributed by atoms with E-state index in [0.717, 1.165) is 4.31 Å². The highest BCUT2D eigenvalue weighted by molar-refractivity contribution is 7.90. The Labute approximate surface area is 99.3 Å². The minimum absolute atomic E-state index is 0.0693. The van der Waals surface area contributed by atoms with Crippen LogP contribution in [0.2, 0.25) is 0 Å². The highest BCUT2D eigenvalue weighted by atomic mass is 32.2. The van der Waals surface area contributed by atoms with Crippen molar-refractivity contribution in [2.24, 2.45) is 0 Å². The number of nitrogens with zero attached hydrogens (tertiary/aromatic N) is 3. The molecule has 0 saturated heterocycles. The third-order valence-electron chi connectivity index (χ3n) is 1.88. The van der Waals surface area contributed by atoms with Crippen LogP contribution in [0, 0.1) is 0 Å². The number of methoxy groups -OCH3 is 1. The highest BCUT2D eigenvalue weighted by Crippen LogP contribution is 2.08. The van der Waals surface area contributed by atoms with Crippen molar-refractivity contribution in [1.29, 1.82) is 0 Å². The number of carbonyl (C=O) groups excluding carboxylic acids is 1. The number of nitrogens with one attached hydrogen (secondary N) is 1. The molecule has 0 aliphatic heterocycles. The number of aromatic nitrogens is 2. The van der Waals surface area contributed by atoms with E-state index in [1.807, 2.05) is 0 Å². The topological polar surface area (TPSA) is 93.5 Å². The summed E-state index contributed by atoms with van der Waals surface area (Å²) in [6.07, 6.45) is 2.71. The van der Waals surface area contributed by atoms with Crippen LogP contribution in [0.4, 0.5) is 5.69 Å². The molecule has 0 aliphatic carbocycles. The lowest BCUT2D eigenvalue weighted by Crippen LogP contribution is -2.28. The van der Waals surface area contributed by atoms with Gasteiger partial charge in [0.25, 0.3) is 0 Å². The predicted molar refractivity (Wildman–Crippen MR) is 60.5 cm³/mol. The number of rotatable bonds is 5. The van der Waals surface area contributed by atoms with Crippen LogP contribution >= 0.6 is 0 Å². The fourth-order valence-electron chi connectivity index (χ4n) is 0.940. The summed E-state index contributed by atoms with van der Waals surface area (Å²) in [6, 6.07) is 0. The van der Waals surface area contributed by atoms with Gasteiger partial charge in [-0.2, -0.15) is 17.8 Å². The summed E-state index contributed by atoms with van der Waals surface area (Å²) in [5.74, 6) is -0.463. The minimum Gasteiger partial charge on any atom is -0.468 e. The van der Waals surface area contributed by atoms with Crippen molar-refractivity contribution in [3.05, 3.63) is 12.4 Å². The fraction of sp³-hybridized carbons (Fsp3) is 0.500. The summed E-state index contributed by atoms with van der Waals surface area (Å²) in [5, 5.41) is 3.82. The third kappa shape index (κ3) is 3.71. The maximum Gasteiger partial charge on any atom is 0.327 e. The van der Waals surface area contributed by atoms with Crippen LogP contribution in [-0.4, -0.2) is 49.7 Å². The zero-order valence-electron chi connectivity index (χ0n) is 9.74. The molecule has 0 saturated carbocycles. The van der Waals surface area contributed by atoms with Gasteiger partial charge >= 0.3 is 16.2 Å². The molecule has 0 spiro atoms. The standard InChI is InChI=1S/C8H14N4O4S/c1-11(2)17(14,15)10-7-4-9-12(5-7)6-8(13)16-3/h4-5,10H,6H2,1-3H3. The molecular formula is C8H14N4O4S. The summed E-state index contributed by atoms with van der Waals surface area (Å²) in [4.78, 5) is 11.0. The van der Waals surface area contributed by atoms with Crippen LogP contribution in [0.1, 0.15) is 0 Å². The summed E-state index contributed by atoms with van der Waals surface area (Å²) in [6.45, 7) is -0.0693. The van der Waals surface area contributed by atoms with Gasteiger partial charge in [-0.25, -0.2) is 0 Å². The normalized spacial score (nSPS) is 11.5. The summed E-state index contributed by atoms with van der Waals surface area (Å²) >= 11 is 0. The van der Waals surface area contributed by atoms with E-state index in [0.29, 0.717) is 0 Å². The first-order valence-electron chi connectivity index (χ1n) is 4.64. The number of hydrogen-bond acceptors (Lipinski definition) is 5. The van der Waals surface area contributed by atoms with E-state index in [9.17, 15) is 13.2 Å². The lowest BCUT2D eigenvalue weighted by molar-refractivity contribution is -0.141. The first-order valence-corrected chi connectivity index (χ1v) is 6.08. The molecule has 0 unspecified atom stereocenters. The van der Waals surface area contributed by atoms with Crippen LogP contribution in [-0.2, 0) is 26.3 Å². The predicted octanol–water partition coefficient (Wildman–Crippen LogP) is -0.726. The molecule has 0 atom stereocenters. The van der Waals surface area contributed by atoms with Gasteiger partial charge in [0.2, 0.25) is 0 Å². The Morgan fingerprint density at radius 1 is 1.59 bits per heavy atom. The summed E-state index contributed by atoms with van der Waals surface area (Å²) < 4.78 is 32.0. The Balaban J connectivity index is 2.73. The SMILES string of the molecule is COC(=O)Cn1cc(NS(=O)(=O)N(C)C)cn1. The Kier molecular flexibility index (Phi) is 4.07. The lowest BCUT2D eigenvalue weighted by Gasteiger charge is -2.11. The number of hydrogen-bond donors (Lipinski definition) is 1. The van der Waals surface area contributed by atoms with E-state index in [2.05, 4.69) is 14.6 Å². The Morgan fingerprint density at radius 2 is 2.24 bits per heavy atom. The molecule has 1 N–H and O–H groups in total. The first kappa shape index (κ1) is 13.5. The van der Waals surface area contributed by atoms with Crippen molar-refractivity contribution in [2.75, 3.05) is 25.9 Å². The van der Waals surface area contributed by atoms with Gasteiger partial charge < -0.3 is 4.74 Å². The Bertz CT molecular complexity index is 493. The van der Waals surface area contributed by atoms with Crippen molar-refractivity contribution in [1.82, 2.24) is 14.1 Å². The zero-order valence-corrected chi connectivity index (χ0v) is 10.6. The molecule has 0 radical (unpaired) electrons. The Hall–Kier alpha value is -1.61. The van der Waals surface area contributed by atoms with Gasteiger partial charge in [-0.3, -0.25) is 14.2 Å². The molecule has 0 aromatic carbocycles. The first-order chi connectivity index (χ1) is 7.85. The lowest BCUT2D eigenvalue weighted by atomic mass is 10.6. The second-order valence-corrected chi connectivity index (χ2v) is 5.28. The van der Waals surface area contributed by atoms with Crippen molar-refractivity contribution in [3.8, 4) is 0 Å². The monoisotopic (exact) mass is 262 g/mol. The maximum atomic E-state index is 11.5. The number of esters is 1. The van der Waals surface area contributed by atoms with E-state index in [-0.39, 0.29) is 12.2 Å². The molecule has 1 heterocycles. The zero-order chi connectivity index (χ0) is 13.1. The average Bonchev–Trinajstić information content (AvgIpc) is 2.64. The Morgan fingerprint density at radius 3 is 2.76 bits per heavy atom. The molecule has 9 heteroatoms. The van der Waals surface area contributed by atoms with Crippen molar-refractivity contribution in [2.45, 2.75) is 6.54 Å². The minimum atomic E-state index is -3.56. The van der Waals surface area contributed by atoms with E-state index in [4.69, 9.17) is 0 Å².